The maximum atomic E-state index is 10.8. The number of primary amides is 1. The molecule has 0 aliphatic heterocycles. The summed E-state index contributed by atoms with van der Waals surface area (Å²) in [5, 5.41) is 7.41. The van der Waals surface area contributed by atoms with Crippen LogP contribution < -0.4 is 11.1 Å². The minimum absolute atomic E-state index is 0.105. The molecule has 0 saturated carbocycles. The second-order valence-electron chi connectivity index (χ2n) is 4.21. The lowest BCUT2D eigenvalue weighted by atomic mass is 10.2. The number of nitrogens with one attached hydrogen (secondary N) is 1. The van der Waals surface area contributed by atoms with E-state index >= 15 is 0 Å². The van der Waals surface area contributed by atoms with Crippen molar-refractivity contribution in [3.05, 3.63) is 34.3 Å². The number of carbonyl (C=O) groups excluding carboxylic acids is 1. The van der Waals surface area contributed by atoms with Crippen LogP contribution in [0, 0.1) is 6.92 Å². The van der Waals surface area contributed by atoms with Gasteiger partial charge in [0.1, 0.15) is 6.54 Å². The third-order valence-corrected chi connectivity index (χ3v) is 3.71. The highest BCUT2D eigenvalue weighted by Crippen LogP contribution is 2.25. The number of nitrogens with two attached hydrogens (primary N) is 1. The van der Waals surface area contributed by atoms with Crippen LogP contribution in [-0.4, -0.2) is 15.7 Å². The molecule has 1 unspecified atom stereocenters. The zero-order valence-electron chi connectivity index (χ0n) is 10.4. The van der Waals surface area contributed by atoms with Gasteiger partial charge in [-0.2, -0.15) is 5.10 Å². The first-order valence-electron chi connectivity index (χ1n) is 5.68. The second kappa shape index (κ2) is 5.22. The second-order valence-corrected chi connectivity index (χ2v) is 5.53. The summed E-state index contributed by atoms with van der Waals surface area (Å²) < 4.78 is 1.52. The number of aryl methyl sites for hydroxylation is 1. The summed E-state index contributed by atoms with van der Waals surface area (Å²) in [5.41, 5.74) is 5.99. The predicted octanol–water partition coefficient (Wildman–Crippen LogP) is 1.91. The zero-order valence-corrected chi connectivity index (χ0v) is 11.2. The fourth-order valence-corrected chi connectivity index (χ4v) is 2.57. The highest BCUT2D eigenvalue weighted by molar-refractivity contribution is 7.12. The number of hydrogen-bond donors (Lipinski definition) is 2. The molecule has 5 nitrogen and oxygen atoms in total. The molecule has 2 aromatic rings. The van der Waals surface area contributed by atoms with Crippen LogP contribution >= 0.6 is 11.3 Å². The molecule has 1 atom stereocenters. The molecule has 2 rings (SSSR count). The lowest BCUT2D eigenvalue weighted by Crippen LogP contribution is -2.18. The van der Waals surface area contributed by atoms with Crippen molar-refractivity contribution in [3.8, 4) is 0 Å². The van der Waals surface area contributed by atoms with E-state index in [9.17, 15) is 4.79 Å². The minimum atomic E-state index is -0.397. The minimum Gasteiger partial charge on any atom is -0.375 e. The summed E-state index contributed by atoms with van der Waals surface area (Å²) in [4.78, 5) is 13.3. The van der Waals surface area contributed by atoms with Crippen molar-refractivity contribution in [1.29, 1.82) is 0 Å². The molecule has 18 heavy (non-hydrogen) atoms. The standard InChI is InChI=1S/C12H16N4OS/c1-8-3-4-11(18-8)9(2)15-10-5-14-16(6-10)7-12(13)17/h3-6,9,15H,7H2,1-2H3,(H2,13,17). The summed E-state index contributed by atoms with van der Waals surface area (Å²) in [6.07, 6.45) is 3.47. The molecule has 3 N–H and O–H groups in total. The molecule has 0 saturated heterocycles. The van der Waals surface area contributed by atoms with E-state index in [1.165, 1.54) is 14.4 Å². The van der Waals surface area contributed by atoms with Gasteiger partial charge in [-0.3, -0.25) is 9.48 Å². The smallest absolute Gasteiger partial charge is 0.239 e. The SMILES string of the molecule is Cc1ccc(C(C)Nc2cnn(CC(N)=O)c2)s1. The Morgan fingerprint density at radius 3 is 3.00 bits per heavy atom. The average molecular weight is 264 g/mol. The highest BCUT2D eigenvalue weighted by Gasteiger charge is 2.09. The number of anilines is 1. The normalized spacial score (nSPS) is 12.3. The molecule has 0 aromatic carbocycles. The van der Waals surface area contributed by atoms with Gasteiger partial charge < -0.3 is 11.1 Å². The lowest BCUT2D eigenvalue weighted by molar-refractivity contribution is -0.118. The van der Waals surface area contributed by atoms with Gasteiger partial charge in [0.25, 0.3) is 0 Å². The van der Waals surface area contributed by atoms with Crippen LogP contribution in [0.3, 0.4) is 0 Å². The summed E-state index contributed by atoms with van der Waals surface area (Å²) in [6.45, 7) is 4.29. The molecule has 0 bridgehead atoms. The van der Waals surface area contributed by atoms with Crippen molar-refractivity contribution in [2.24, 2.45) is 5.73 Å². The Labute approximate surface area is 110 Å². The monoisotopic (exact) mass is 264 g/mol. The van der Waals surface area contributed by atoms with Crippen molar-refractivity contribution in [3.63, 3.8) is 0 Å². The van der Waals surface area contributed by atoms with E-state index in [1.54, 1.807) is 23.7 Å². The lowest BCUT2D eigenvalue weighted by Gasteiger charge is -2.11. The van der Waals surface area contributed by atoms with Crippen LogP contribution in [0.2, 0.25) is 0 Å². The zero-order chi connectivity index (χ0) is 13.1. The van der Waals surface area contributed by atoms with Gasteiger partial charge in [-0.1, -0.05) is 0 Å². The maximum absolute atomic E-state index is 10.8. The number of aromatic nitrogens is 2. The van der Waals surface area contributed by atoms with Gasteiger partial charge in [-0.05, 0) is 26.0 Å². The van der Waals surface area contributed by atoms with Gasteiger partial charge in [0.15, 0.2) is 0 Å². The molecular formula is C12H16N4OS. The van der Waals surface area contributed by atoms with E-state index in [0.29, 0.717) is 0 Å². The van der Waals surface area contributed by atoms with Gasteiger partial charge >= 0.3 is 0 Å². The van der Waals surface area contributed by atoms with Gasteiger partial charge in [-0.15, -0.1) is 11.3 Å². The Bertz CT molecular complexity index is 546. The molecule has 0 spiro atoms. The number of hydrogen-bond acceptors (Lipinski definition) is 4. The summed E-state index contributed by atoms with van der Waals surface area (Å²) in [7, 11) is 0. The van der Waals surface area contributed by atoms with E-state index < -0.39 is 5.91 Å². The molecule has 2 heterocycles. The fraction of sp³-hybridized carbons (Fsp3) is 0.333. The molecule has 96 valence electrons. The predicted molar refractivity (Wildman–Crippen MR) is 72.5 cm³/mol. The van der Waals surface area contributed by atoms with Crippen molar-refractivity contribution in [2.45, 2.75) is 26.4 Å². The highest BCUT2D eigenvalue weighted by atomic mass is 32.1. The van der Waals surface area contributed by atoms with Crippen molar-refractivity contribution in [2.75, 3.05) is 5.32 Å². The first-order valence-corrected chi connectivity index (χ1v) is 6.50. The molecule has 6 heteroatoms. The van der Waals surface area contributed by atoms with Crippen molar-refractivity contribution in [1.82, 2.24) is 9.78 Å². The van der Waals surface area contributed by atoms with E-state index in [1.807, 2.05) is 0 Å². The van der Waals surface area contributed by atoms with Gasteiger partial charge in [0, 0.05) is 16.0 Å². The maximum Gasteiger partial charge on any atom is 0.239 e. The van der Waals surface area contributed by atoms with Crippen LogP contribution in [0.1, 0.15) is 22.7 Å². The third kappa shape index (κ3) is 3.10. The Balaban J connectivity index is 2.00. The first-order chi connectivity index (χ1) is 8.54. The Hall–Kier alpha value is -1.82. The Morgan fingerprint density at radius 2 is 2.39 bits per heavy atom. The van der Waals surface area contributed by atoms with E-state index in [4.69, 9.17) is 5.73 Å². The Kier molecular flexibility index (Phi) is 3.66. The number of nitrogens with zero attached hydrogens (tertiary/aromatic N) is 2. The molecule has 0 aliphatic carbocycles. The van der Waals surface area contributed by atoms with E-state index in [2.05, 4.69) is 36.4 Å². The van der Waals surface area contributed by atoms with Crippen LogP contribution in [0.5, 0.6) is 0 Å². The average Bonchev–Trinajstić information content (AvgIpc) is 2.87. The molecule has 1 amide bonds. The van der Waals surface area contributed by atoms with E-state index in [-0.39, 0.29) is 12.6 Å². The summed E-state index contributed by atoms with van der Waals surface area (Å²) >= 11 is 1.77. The van der Waals surface area contributed by atoms with Crippen molar-refractivity contribution >= 4 is 22.9 Å². The topological polar surface area (TPSA) is 72.9 Å². The van der Waals surface area contributed by atoms with Crippen molar-refractivity contribution < 1.29 is 4.79 Å². The van der Waals surface area contributed by atoms with E-state index in [0.717, 1.165) is 5.69 Å². The number of rotatable bonds is 5. The summed E-state index contributed by atoms with van der Waals surface area (Å²) in [6, 6.07) is 4.44. The number of amides is 1. The largest absolute Gasteiger partial charge is 0.375 e. The third-order valence-electron chi connectivity index (χ3n) is 2.52. The molecule has 2 aromatic heterocycles. The molecular weight excluding hydrogens is 248 g/mol. The van der Waals surface area contributed by atoms with Crippen LogP contribution in [0.4, 0.5) is 5.69 Å². The summed E-state index contributed by atoms with van der Waals surface area (Å²) in [5.74, 6) is -0.397. The Morgan fingerprint density at radius 1 is 1.61 bits per heavy atom. The number of thiophene rings is 1. The van der Waals surface area contributed by atoms with Gasteiger partial charge in [0.2, 0.25) is 5.91 Å². The molecule has 0 aliphatic rings. The quantitative estimate of drug-likeness (QED) is 0.866. The van der Waals surface area contributed by atoms with Crippen LogP contribution in [0.15, 0.2) is 24.5 Å². The van der Waals surface area contributed by atoms with Gasteiger partial charge in [-0.25, -0.2) is 0 Å². The van der Waals surface area contributed by atoms with Crippen LogP contribution in [-0.2, 0) is 11.3 Å². The number of carbonyl (C=O) groups is 1. The van der Waals surface area contributed by atoms with Gasteiger partial charge in [0.05, 0.1) is 17.9 Å². The molecule has 0 fully saturated rings. The first kappa shape index (κ1) is 12.6. The molecule has 0 radical (unpaired) electrons. The fourth-order valence-electron chi connectivity index (χ4n) is 1.69. The van der Waals surface area contributed by atoms with Crippen LogP contribution in [0.25, 0.3) is 0 Å².